The van der Waals surface area contributed by atoms with Gasteiger partial charge in [0.1, 0.15) is 5.82 Å². The molecule has 0 radical (unpaired) electrons. The van der Waals surface area contributed by atoms with E-state index in [0.29, 0.717) is 0 Å². The smallest absolute Gasteiger partial charge is 0.257 e. The Morgan fingerprint density at radius 1 is 1.09 bits per heavy atom. The van der Waals surface area contributed by atoms with Crippen LogP contribution < -0.4 is 10.0 Å². The van der Waals surface area contributed by atoms with Crippen LogP contribution in [0.2, 0.25) is 10.0 Å². The molecule has 0 atom stereocenters. The first kappa shape index (κ1) is 17.7. The van der Waals surface area contributed by atoms with Crippen molar-refractivity contribution in [3.05, 3.63) is 57.8 Å². The van der Waals surface area contributed by atoms with Crippen molar-refractivity contribution < 1.29 is 17.6 Å². The number of amides is 1. The number of hydrogen-bond donors (Lipinski definition) is 2. The lowest BCUT2D eigenvalue weighted by atomic mass is 10.2. The Morgan fingerprint density at radius 2 is 1.78 bits per heavy atom. The number of nitrogens with one attached hydrogen (secondary N) is 2. The summed E-state index contributed by atoms with van der Waals surface area (Å²) >= 11 is 11.6. The number of carbonyl (C=O) groups is 1. The Hall–Kier alpha value is -1.67. The molecule has 0 bridgehead atoms. The van der Waals surface area contributed by atoms with E-state index in [1.807, 2.05) is 0 Å². The van der Waals surface area contributed by atoms with Gasteiger partial charge in [-0.15, -0.1) is 0 Å². The van der Waals surface area contributed by atoms with E-state index in [0.717, 1.165) is 12.1 Å². The summed E-state index contributed by atoms with van der Waals surface area (Å²) in [4.78, 5) is 12.1. The van der Waals surface area contributed by atoms with Crippen LogP contribution in [-0.2, 0) is 10.0 Å². The number of benzene rings is 2. The molecule has 0 heterocycles. The van der Waals surface area contributed by atoms with Crippen LogP contribution in [0.15, 0.2) is 41.3 Å². The molecular weight excluding hydrogens is 366 g/mol. The average molecular weight is 377 g/mol. The van der Waals surface area contributed by atoms with E-state index in [1.54, 1.807) is 0 Å². The molecule has 1 amide bonds. The van der Waals surface area contributed by atoms with E-state index in [4.69, 9.17) is 23.2 Å². The van der Waals surface area contributed by atoms with Gasteiger partial charge in [0.15, 0.2) is 0 Å². The van der Waals surface area contributed by atoms with E-state index in [1.165, 1.54) is 31.3 Å². The zero-order chi connectivity index (χ0) is 17.2. The monoisotopic (exact) mass is 376 g/mol. The first-order valence-corrected chi connectivity index (χ1v) is 8.48. The van der Waals surface area contributed by atoms with Crippen LogP contribution in [0, 0.1) is 5.82 Å². The summed E-state index contributed by atoms with van der Waals surface area (Å²) in [5.41, 5.74) is 0.211. The van der Waals surface area contributed by atoms with Gasteiger partial charge in [-0.25, -0.2) is 17.5 Å². The molecule has 2 rings (SSSR count). The highest BCUT2D eigenvalue weighted by atomic mass is 35.5. The largest absolute Gasteiger partial charge is 0.322 e. The fourth-order valence-electron chi connectivity index (χ4n) is 1.74. The lowest BCUT2D eigenvalue weighted by molar-refractivity contribution is 0.102. The number of sulfonamides is 1. The average Bonchev–Trinajstić information content (AvgIpc) is 2.51. The van der Waals surface area contributed by atoms with Crippen LogP contribution in [0.25, 0.3) is 0 Å². The molecule has 9 heteroatoms. The highest BCUT2D eigenvalue weighted by Gasteiger charge is 2.17. The normalized spacial score (nSPS) is 11.3. The lowest BCUT2D eigenvalue weighted by Gasteiger charge is -2.09. The van der Waals surface area contributed by atoms with E-state index in [9.17, 15) is 17.6 Å². The van der Waals surface area contributed by atoms with Crippen molar-refractivity contribution in [3.63, 3.8) is 0 Å². The molecule has 2 aromatic carbocycles. The fourth-order valence-corrected chi connectivity index (χ4v) is 2.88. The molecule has 0 aliphatic rings. The maximum atomic E-state index is 13.1. The van der Waals surface area contributed by atoms with E-state index in [2.05, 4.69) is 10.0 Å². The standard InChI is InChI=1S/C14H11Cl2FN2O3S/c1-18-23(21,22)9-3-4-11(15)10(7-9)14(20)19-8-2-5-13(17)12(16)6-8/h2-7,18H,1H3,(H,19,20). The number of halogens is 3. The van der Waals surface area contributed by atoms with Gasteiger partial charge >= 0.3 is 0 Å². The van der Waals surface area contributed by atoms with Gasteiger partial charge < -0.3 is 5.32 Å². The second kappa shape index (κ2) is 6.84. The van der Waals surface area contributed by atoms with Gasteiger partial charge in [0, 0.05) is 5.69 Å². The first-order valence-electron chi connectivity index (χ1n) is 6.24. The molecule has 2 aromatic rings. The second-order valence-corrected chi connectivity index (χ2v) is 7.13. The summed E-state index contributed by atoms with van der Waals surface area (Å²) in [5.74, 6) is -1.27. The van der Waals surface area contributed by atoms with Crippen molar-refractivity contribution in [1.82, 2.24) is 4.72 Å². The first-order chi connectivity index (χ1) is 10.7. The minimum atomic E-state index is -3.72. The number of rotatable bonds is 4. The lowest BCUT2D eigenvalue weighted by Crippen LogP contribution is -2.20. The van der Waals surface area contributed by atoms with Crippen molar-refractivity contribution >= 4 is 44.8 Å². The van der Waals surface area contributed by atoms with Crippen molar-refractivity contribution in [3.8, 4) is 0 Å². The second-order valence-electron chi connectivity index (χ2n) is 4.43. The summed E-state index contributed by atoms with van der Waals surface area (Å²) in [6, 6.07) is 7.38. The molecule has 5 nitrogen and oxygen atoms in total. The van der Waals surface area contributed by atoms with Crippen LogP contribution in [0.5, 0.6) is 0 Å². The number of carbonyl (C=O) groups excluding carboxylic acids is 1. The third kappa shape index (κ3) is 4.00. The molecule has 2 N–H and O–H groups in total. The number of anilines is 1. The van der Waals surface area contributed by atoms with Crippen LogP contribution in [0.3, 0.4) is 0 Å². The molecule has 0 saturated heterocycles. The Bertz CT molecular complexity index is 872. The summed E-state index contributed by atoms with van der Waals surface area (Å²) < 4.78 is 38.8. The van der Waals surface area contributed by atoms with Crippen LogP contribution >= 0.6 is 23.2 Å². The van der Waals surface area contributed by atoms with Gasteiger partial charge in [0.05, 0.1) is 20.5 Å². The van der Waals surface area contributed by atoms with E-state index < -0.39 is 21.7 Å². The summed E-state index contributed by atoms with van der Waals surface area (Å²) in [6.07, 6.45) is 0. The molecule has 0 unspecified atom stereocenters. The molecular formula is C14H11Cl2FN2O3S. The van der Waals surface area contributed by atoms with Gasteiger partial charge in [-0.1, -0.05) is 23.2 Å². The Kier molecular flexibility index (Phi) is 5.26. The minimum Gasteiger partial charge on any atom is -0.322 e. The van der Waals surface area contributed by atoms with E-state index >= 15 is 0 Å². The van der Waals surface area contributed by atoms with Crippen molar-refractivity contribution in [2.24, 2.45) is 0 Å². The van der Waals surface area contributed by atoms with E-state index in [-0.39, 0.29) is 26.2 Å². The third-order valence-corrected chi connectivity index (χ3v) is 4.97. The van der Waals surface area contributed by atoms with Crippen LogP contribution in [0.4, 0.5) is 10.1 Å². The molecule has 0 fully saturated rings. The van der Waals surface area contributed by atoms with Gasteiger partial charge in [0.2, 0.25) is 10.0 Å². The maximum Gasteiger partial charge on any atom is 0.257 e. The summed E-state index contributed by atoms with van der Waals surface area (Å²) in [7, 11) is -2.46. The predicted octanol–water partition coefficient (Wildman–Crippen LogP) is 3.29. The SMILES string of the molecule is CNS(=O)(=O)c1ccc(Cl)c(C(=O)Nc2ccc(F)c(Cl)c2)c1. The van der Waals surface area contributed by atoms with Gasteiger partial charge in [-0.2, -0.15) is 0 Å². The zero-order valence-corrected chi connectivity index (χ0v) is 14.1. The molecule has 0 spiro atoms. The van der Waals surface area contributed by atoms with Gasteiger partial charge in [0.25, 0.3) is 5.91 Å². The Morgan fingerprint density at radius 3 is 2.39 bits per heavy atom. The Balaban J connectivity index is 2.35. The van der Waals surface area contributed by atoms with Crippen molar-refractivity contribution in [1.29, 1.82) is 0 Å². The molecule has 122 valence electrons. The quantitative estimate of drug-likeness (QED) is 0.859. The Labute approximate surface area is 142 Å². The van der Waals surface area contributed by atoms with Gasteiger partial charge in [-0.3, -0.25) is 4.79 Å². The maximum absolute atomic E-state index is 13.1. The van der Waals surface area contributed by atoms with Crippen molar-refractivity contribution in [2.75, 3.05) is 12.4 Å². The molecule has 0 aliphatic heterocycles. The van der Waals surface area contributed by atoms with Crippen molar-refractivity contribution in [2.45, 2.75) is 4.90 Å². The zero-order valence-electron chi connectivity index (χ0n) is 11.7. The minimum absolute atomic E-state index is 0.0385. The van der Waals surface area contributed by atoms with Crippen LogP contribution in [-0.4, -0.2) is 21.4 Å². The van der Waals surface area contributed by atoms with Gasteiger partial charge in [-0.05, 0) is 43.4 Å². The van der Waals surface area contributed by atoms with Crippen LogP contribution in [0.1, 0.15) is 10.4 Å². The fraction of sp³-hybridized carbons (Fsp3) is 0.0714. The third-order valence-electron chi connectivity index (χ3n) is 2.94. The topological polar surface area (TPSA) is 75.3 Å². The highest BCUT2D eigenvalue weighted by Crippen LogP contribution is 2.23. The summed E-state index contributed by atoms with van der Waals surface area (Å²) in [5, 5.41) is 2.40. The highest BCUT2D eigenvalue weighted by molar-refractivity contribution is 7.89. The molecule has 0 aromatic heterocycles. The number of hydrogen-bond acceptors (Lipinski definition) is 3. The molecule has 0 saturated carbocycles. The molecule has 23 heavy (non-hydrogen) atoms. The summed E-state index contributed by atoms with van der Waals surface area (Å²) in [6.45, 7) is 0. The predicted molar refractivity (Wildman–Crippen MR) is 87.1 cm³/mol. The molecule has 0 aliphatic carbocycles.